The molecule has 5 nitrogen and oxygen atoms in total. The van der Waals surface area contributed by atoms with Crippen LogP contribution < -0.4 is 9.47 Å². The molecule has 0 heterocycles. The fourth-order valence-electron chi connectivity index (χ4n) is 3.06. The summed E-state index contributed by atoms with van der Waals surface area (Å²) in [7, 11) is 4.49. The molecule has 1 aliphatic rings. The van der Waals surface area contributed by atoms with E-state index in [2.05, 4.69) is 0 Å². The lowest BCUT2D eigenvalue weighted by atomic mass is 9.84. The van der Waals surface area contributed by atoms with Crippen LogP contribution in [0.1, 0.15) is 22.8 Å². The lowest BCUT2D eigenvalue weighted by molar-refractivity contribution is -0.113. The van der Waals surface area contributed by atoms with Gasteiger partial charge in [-0.05, 0) is 18.4 Å². The van der Waals surface area contributed by atoms with Crippen molar-refractivity contribution in [1.82, 2.24) is 0 Å². The number of ether oxygens (including phenoxy) is 3. The molecule has 0 fully saturated rings. The Morgan fingerprint density at radius 3 is 2.35 bits per heavy atom. The third-order valence-electron chi connectivity index (χ3n) is 3.99. The molecule has 3 rings (SSSR count). The average Bonchev–Trinajstić information content (AvgIpc) is 2.56. The Bertz CT molecular complexity index is 877. The van der Waals surface area contributed by atoms with Crippen molar-refractivity contribution >= 4 is 28.1 Å². The molecule has 0 bridgehead atoms. The summed E-state index contributed by atoms with van der Waals surface area (Å²) in [5.41, 5.74) is 1.06. The number of methoxy groups -OCH3 is 3. The van der Waals surface area contributed by atoms with E-state index in [0.29, 0.717) is 28.0 Å². The Kier molecular flexibility index (Phi) is 3.56. The SMILES string of the molecule is COC1=C(C(C)=O)C(=O)c2cccc3cc(OC)c(OC)c1c23. The van der Waals surface area contributed by atoms with Crippen molar-refractivity contribution in [3.8, 4) is 11.5 Å². The van der Waals surface area contributed by atoms with Gasteiger partial charge in [-0.25, -0.2) is 0 Å². The van der Waals surface area contributed by atoms with Crippen molar-refractivity contribution in [2.45, 2.75) is 6.92 Å². The second kappa shape index (κ2) is 5.43. The molecule has 0 radical (unpaired) electrons. The highest BCUT2D eigenvalue weighted by Crippen LogP contribution is 2.46. The molecule has 0 amide bonds. The van der Waals surface area contributed by atoms with Crippen molar-refractivity contribution < 1.29 is 23.8 Å². The van der Waals surface area contributed by atoms with E-state index in [1.165, 1.54) is 28.3 Å². The highest BCUT2D eigenvalue weighted by Gasteiger charge is 2.34. The number of hydrogen-bond acceptors (Lipinski definition) is 5. The molecule has 0 saturated heterocycles. The highest BCUT2D eigenvalue weighted by molar-refractivity contribution is 6.35. The molecule has 0 saturated carbocycles. The molecule has 0 aromatic heterocycles. The lowest BCUT2D eigenvalue weighted by Gasteiger charge is -2.24. The Balaban J connectivity index is 2.58. The normalized spacial score (nSPS) is 13.3. The average molecular weight is 312 g/mol. The Morgan fingerprint density at radius 1 is 1.04 bits per heavy atom. The largest absolute Gasteiger partial charge is 0.495 e. The first-order valence-electron chi connectivity index (χ1n) is 7.07. The van der Waals surface area contributed by atoms with Gasteiger partial charge in [0.05, 0.1) is 26.9 Å². The van der Waals surface area contributed by atoms with Gasteiger partial charge in [-0.3, -0.25) is 9.59 Å². The molecule has 0 atom stereocenters. The maximum absolute atomic E-state index is 12.7. The smallest absolute Gasteiger partial charge is 0.201 e. The third-order valence-corrected chi connectivity index (χ3v) is 3.99. The van der Waals surface area contributed by atoms with Crippen molar-refractivity contribution in [3.63, 3.8) is 0 Å². The zero-order valence-electron chi connectivity index (χ0n) is 13.4. The van der Waals surface area contributed by atoms with Crippen molar-refractivity contribution in [1.29, 1.82) is 0 Å². The molecule has 23 heavy (non-hydrogen) atoms. The summed E-state index contributed by atoms with van der Waals surface area (Å²) in [6.07, 6.45) is 0. The van der Waals surface area contributed by atoms with Gasteiger partial charge in [-0.2, -0.15) is 0 Å². The number of rotatable bonds is 4. The summed E-state index contributed by atoms with van der Waals surface area (Å²) in [6, 6.07) is 7.17. The van der Waals surface area contributed by atoms with Gasteiger partial charge in [0.2, 0.25) is 5.78 Å². The van der Waals surface area contributed by atoms with Crippen LogP contribution in [0.4, 0.5) is 0 Å². The number of allylic oxidation sites excluding steroid dienone is 1. The second-order valence-corrected chi connectivity index (χ2v) is 5.18. The van der Waals surface area contributed by atoms with Crippen molar-refractivity contribution in [2.24, 2.45) is 0 Å². The summed E-state index contributed by atoms with van der Waals surface area (Å²) in [6.45, 7) is 1.35. The summed E-state index contributed by atoms with van der Waals surface area (Å²) >= 11 is 0. The van der Waals surface area contributed by atoms with Crippen LogP contribution in [0.5, 0.6) is 11.5 Å². The van der Waals surface area contributed by atoms with Crippen molar-refractivity contribution in [2.75, 3.05) is 21.3 Å². The number of hydrogen-bond donors (Lipinski definition) is 0. The molecule has 0 spiro atoms. The van der Waals surface area contributed by atoms with Gasteiger partial charge in [0, 0.05) is 10.9 Å². The van der Waals surface area contributed by atoms with E-state index < -0.39 is 0 Å². The number of carbonyl (C=O) groups is 2. The van der Waals surface area contributed by atoms with E-state index in [-0.39, 0.29) is 22.9 Å². The predicted molar refractivity (Wildman–Crippen MR) is 86.0 cm³/mol. The van der Waals surface area contributed by atoms with Crippen LogP contribution in [0.3, 0.4) is 0 Å². The number of Topliss-reactive ketones (excluding diaryl/α,β-unsaturated/α-hetero) is 2. The molecule has 1 aliphatic carbocycles. The zero-order valence-corrected chi connectivity index (χ0v) is 13.4. The van der Waals surface area contributed by atoms with Crippen LogP contribution in [0.25, 0.3) is 16.5 Å². The van der Waals surface area contributed by atoms with E-state index >= 15 is 0 Å². The van der Waals surface area contributed by atoms with Gasteiger partial charge < -0.3 is 14.2 Å². The van der Waals surface area contributed by atoms with Gasteiger partial charge >= 0.3 is 0 Å². The Hall–Kier alpha value is -2.82. The monoisotopic (exact) mass is 312 g/mol. The van der Waals surface area contributed by atoms with E-state index in [9.17, 15) is 9.59 Å². The number of benzene rings is 2. The number of carbonyl (C=O) groups excluding carboxylic acids is 2. The topological polar surface area (TPSA) is 61.8 Å². The van der Waals surface area contributed by atoms with Gasteiger partial charge in [0.25, 0.3) is 0 Å². The third kappa shape index (κ3) is 2.00. The van der Waals surface area contributed by atoms with E-state index in [1.54, 1.807) is 18.2 Å². The highest BCUT2D eigenvalue weighted by atomic mass is 16.5. The van der Waals surface area contributed by atoms with Gasteiger partial charge in [0.1, 0.15) is 11.3 Å². The first-order valence-corrected chi connectivity index (χ1v) is 7.07. The Labute approximate surface area is 133 Å². The number of ketones is 2. The second-order valence-electron chi connectivity index (χ2n) is 5.18. The Morgan fingerprint density at radius 2 is 1.78 bits per heavy atom. The lowest BCUT2D eigenvalue weighted by Crippen LogP contribution is -2.19. The van der Waals surface area contributed by atoms with Gasteiger partial charge in [0.15, 0.2) is 17.3 Å². The first kappa shape index (κ1) is 15.1. The maximum Gasteiger partial charge on any atom is 0.201 e. The van der Waals surface area contributed by atoms with E-state index in [4.69, 9.17) is 14.2 Å². The van der Waals surface area contributed by atoms with Gasteiger partial charge in [-0.1, -0.05) is 18.2 Å². The molecule has 0 unspecified atom stereocenters. The predicted octanol–water partition coefficient (Wildman–Crippen LogP) is 3.00. The van der Waals surface area contributed by atoms with Crippen molar-refractivity contribution in [3.05, 3.63) is 41.0 Å². The standard InChI is InChI=1S/C18H16O5/c1-9(19)13-16(20)11-7-5-6-10-8-12(21-2)17(22-3)15(14(10)11)18(13)23-4/h5-8H,1-4H3. The molecule has 118 valence electrons. The summed E-state index contributed by atoms with van der Waals surface area (Å²) < 4.78 is 16.3. The van der Waals surface area contributed by atoms with Crippen LogP contribution in [0, 0.1) is 0 Å². The molecular formula is C18H16O5. The van der Waals surface area contributed by atoms with Crippen LogP contribution in [-0.2, 0) is 9.53 Å². The first-order chi connectivity index (χ1) is 11.0. The molecule has 2 aromatic rings. The minimum absolute atomic E-state index is 0.0269. The van der Waals surface area contributed by atoms with Crippen LogP contribution in [0.15, 0.2) is 29.8 Å². The maximum atomic E-state index is 12.7. The van der Waals surface area contributed by atoms with E-state index in [1.807, 2.05) is 6.07 Å². The fraction of sp³-hybridized carbons (Fsp3) is 0.222. The fourth-order valence-corrected chi connectivity index (χ4v) is 3.06. The van der Waals surface area contributed by atoms with Crippen LogP contribution in [-0.4, -0.2) is 32.9 Å². The molecular weight excluding hydrogens is 296 g/mol. The quantitative estimate of drug-likeness (QED) is 0.812. The molecule has 0 N–H and O–H groups in total. The molecule has 0 aliphatic heterocycles. The summed E-state index contributed by atoms with van der Waals surface area (Å²) in [5.74, 6) is 0.496. The zero-order chi connectivity index (χ0) is 16.7. The minimum atomic E-state index is -0.348. The molecule has 2 aromatic carbocycles. The minimum Gasteiger partial charge on any atom is -0.495 e. The van der Waals surface area contributed by atoms with E-state index in [0.717, 1.165) is 5.39 Å². The summed E-state index contributed by atoms with van der Waals surface area (Å²) in [5, 5.41) is 1.53. The van der Waals surface area contributed by atoms with Crippen LogP contribution >= 0.6 is 0 Å². The summed E-state index contributed by atoms with van der Waals surface area (Å²) in [4.78, 5) is 24.8. The van der Waals surface area contributed by atoms with Crippen LogP contribution in [0.2, 0.25) is 0 Å². The van der Waals surface area contributed by atoms with Gasteiger partial charge in [-0.15, -0.1) is 0 Å². The molecule has 5 heteroatoms.